The maximum absolute atomic E-state index is 12.4. The fourth-order valence-corrected chi connectivity index (χ4v) is 5.82. The minimum absolute atomic E-state index is 0.0428. The Kier molecular flexibility index (Phi) is 8.39. The molecule has 0 radical (unpaired) electrons. The minimum atomic E-state index is -1.84. The molecule has 0 spiro atoms. The maximum Gasteiger partial charge on any atom is 0.271 e. The Morgan fingerprint density at radius 3 is 2.48 bits per heavy atom. The second-order valence-electron chi connectivity index (χ2n) is 10.8. The first-order chi connectivity index (χ1) is 20.1. The van der Waals surface area contributed by atoms with Crippen LogP contribution in [0.3, 0.4) is 0 Å². The van der Waals surface area contributed by atoms with Gasteiger partial charge in [0.25, 0.3) is 5.91 Å². The molecular weight excluding hydrogens is 508 g/mol. The number of nitrogens with two attached hydrogens (primary N) is 1. The summed E-state index contributed by atoms with van der Waals surface area (Å²) in [5, 5.41) is 6.53. The van der Waals surface area contributed by atoms with Gasteiger partial charge in [-0.1, -0.05) is 6.92 Å². The van der Waals surface area contributed by atoms with Gasteiger partial charge in [-0.2, -0.15) is 0 Å². The largest absolute Gasteiger partial charge is 0.495 e. The zero-order chi connectivity index (χ0) is 29.9. The molecule has 2 aromatic rings. The third kappa shape index (κ3) is 6.59. The molecule has 40 heavy (non-hydrogen) atoms. The van der Waals surface area contributed by atoms with Crippen molar-refractivity contribution in [3.63, 3.8) is 0 Å². The van der Waals surface area contributed by atoms with Gasteiger partial charge in [-0.25, -0.2) is 9.97 Å². The minimum Gasteiger partial charge on any atom is -0.495 e. The first-order valence-electron chi connectivity index (χ1n) is 15.3. The van der Waals surface area contributed by atoms with Crippen LogP contribution in [0.5, 0.6) is 5.75 Å². The molecule has 1 aromatic carbocycles. The van der Waals surface area contributed by atoms with Gasteiger partial charge in [0.05, 0.1) is 18.5 Å². The highest BCUT2D eigenvalue weighted by Crippen LogP contribution is 2.35. The lowest BCUT2D eigenvalue weighted by Crippen LogP contribution is -2.52. The second-order valence-corrected chi connectivity index (χ2v) is 10.8. The molecular formula is C29H44N8O3. The van der Waals surface area contributed by atoms with E-state index in [4.69, 9.17) is 17.9 Å². The van der Waals surface area contributed by atoms with Crippen LogP contribution in [-0.4, -0.2) is 104 Å². The van der Waals surface area contributed by atoms with E-state index < -0.39 is 12.3 Å². The fourth-order valence-electron chi connectivity index (χ4n) is 5.82. The smallest absolute Gasteiger partial charge is 0.271 e. The average Bonchev–Trinajstić information content (AvgIpc) is 2.97. The van der Waals surface area contributed by atoms with Gasteiger partial charge in [0.1, 0.15) is 5.75 Å². The predicted octanol–water partition coefficient (Wildman–Crippen LogP) is 2.70. The quantitative estimate of drug-likeness (QED) is 0.427. The Bertz CT molecular complexity index is 1240. The van der Waals surface area contributed by atoms with Crippen molar-refractivity contribution in [1.29, 1.82) is 0 Å². The van der Waals surface area contributed by atoms with E-state index in [1.54, 1.807) is 7.11 Å². The number of likely N-dealkylation sites (N-methyl/N-ethyl adjacent to an activating group) is 1. The van der Waals surface area contributed by atoms with Gasteiger partial charge >= 0.3 is 0 Å². The Hall–Kier alpha value is -3.15. The Balaban J connectivity index is 1.35. The Labute approximate surface area is 240 Å². The van der Waals surface area contributed by atoms with Crippen molar-refractivity contribution < 1.29 is 17.0 Å². The van der Waals surface area contributed by atoms with Crippen LogP contribution < -0.4 is 26.0 Å². The highest BCUT2D eigenvalue weighted by molar-refractivity contribution is 5.96. The lowest BCUT2D eigenvalue weighted by molar-refractivity contribution is 0.0903. The molecule has 4 heterocycles. The first-order valence-corrected chi connectivity index (χ1v) is 14.3. The number of amides is 1. The van der Waals surface area contributed by atoms with Crippen LogP contribution in [0.15, 0.2) is 18.2 Å². The molecule has 218 valence electrons. The highest BCUT2D eigenvalue weighted by Gasteiger charge is 2.28. The number of ether oxygens (including phenoxy) is 2. The van der Waals surface area contributed by atoms with E-state index in [2.05, 4.69) is 42.3 Å². The third-order valence-corrected chi connectivity index (χ3v) is 8.23. The Morgan fingerprint density at radius 1 is 1.10 bits per heavy atom. The number of hydrogen-bond acceptors (Lipinski definition) is 10. The molecule has 3 aliphatic heterocycles. The number of methoxy groups -OCH3 is 1. The van der Waals surface area contributed by atoms with Crippen LogP contribution in [0.1, 0.15) is 51.5 Å². The van der Waals surface area contributed by atoms with Crippen molar-refractivity contribution in [2.45, 2.75) is 51.1 Å². The molecule has 0 saturated carbocycles. The van der Waals surface area contributed by atoms with Gasteiger partial charge < -0.3 is 35.6 Å². The van der Waals surface area contributed by atoms with E-state index in [0.29, 0.717) is 30.7 Å². The number of carbonyl (C=O) groups is 1. The number of piperazine rings is 1. The van der Waals surface area contributed by atoms with E-state index >= 15 is 0 Å². The number of aromatic nitrogens is 2. The molecule has 3 saturated heterocycles. The van der Waals surface area contributed by atoms with Crippen LogP contribution in [0.2, 0.25) is 0 Å². The number of anilines is 4. The summed E-state index contributed by atoms with van der Waals surface area (Å²) in [6.07, 6.45) is 1.92. The van der Waals surface area contributed by atoms with Crippen molar-refractivity contribution in [3.05, 3.63) is 29.6 Å². The number of primary amides is 1. The molecule has 3 fully saturated rings. The normalized spacial score (nSPS) is 21.0. The number of carbonyl (C=O) groups excluding carboxylic acids is 1. The number of benzene rings is 1. The van der Waals surface area contributed by atoms with E-state index in [9.17, 15) is 4.79 Å². The molecule has 4 N–H and O–H groups in total. The van der Waals surface area contributed by atoms with Crippen molar-refractivity contribution in [3.8, 4) is 5.75 Å². The topological polar surface area (TPSA) is 121 Å². The van der Waals surface area contributed by atoms with Crippen LogP contribution in [0.25, 0.3) is 0 Å². The summed E-state index contributed by atoms with van der Waals surface area (Å²) in [5.41, 5.74) is 7.29. The van der Waals surface area contributed by atoms with Crippen LogP contribution in [0.4, 0.5) is 23.0 Å². The van der Waals surface area contributed by atoms with Gasteiger partial charge in [-0.05, 0) is 51.2 Å². The Morgan fingerprint density at radius 2 is 1.82 bits per heavy atom. The van der Waals surface area contributed by atoms with Crippen LogP contribution in [-0.2, 0) is 11.1 Å². The van der Waals surface area contributed by atoms with Gasteiger partial charge in [0.2, 0.25) is 0 Å². The van der Waals surface area contributed by atoms with Crippen LogP contribution in [0, 0.1) is 0 Å². The van der Waals surface area contributed by atoms with Crippen LogP contribution >= 0.6 is 0 Å². The summed E-state index contributed by atoms with van der Waals surface area (Å²) < 4.78 is 27.9. The number of nitrogens with zero attached hydrogens (tertiary/aromatic N) is 5. The van der Waals surface area contributed by atoms with Crippen molar-refractivity contribution in [2.24, 2.45) is 5.73 Å². The molecule has 0 aliphatic carbocycles. The van der Waals surface area contributed by atoms with Gasteiger partial charge in [0.15, 0.2) is 17.3 Å². The van der Waals surface area contributed by atoms with E-state index in [-0.39, 0.29) is 29.1 Å². The van der Waals surface area contributed by atoms with E-state index in [1.807, 2.05) is 18.2 Å². The van der Waals surface area contributed by atoms with Crippen molar-refractivity contribution in [2.75, 3.05) is 82.2 Å². The molecule has 1 amide bonds. The monoisotopic (exact) mass is 554 g/mol. The number of hydrogen-bond donors (Lipinski definition) is 3. The lowest BCUT2D eigenvalue weighted by atomic mass is 10.0. The predicted molar refractivity (Wildman–Crippen MR) is 158 cm³/mol. The van der Waals surface area contributed by atoms with E-state index in [0.717, 1.165) is 70.6 Å². The third-order valence-electron chi connectivity index (χ3n) is 8.23. The molecule has 1 aromatic heterocycles. The summed E-state index contributed by atoms with van der Waals surface area (Å²) in [6.45, 7) is 9.07. The molecule has 11 heteroatoms. The summed E-state index contributed by atoms with van der Waals surface area (Å²) in [6, 6.07) is 6.51. The summed E-state index contributed by atoms with van der Waals surface area (Å²) in [4.78, 5) is 28.8. The summed E-state index contributed by atoms with van der Waals surface area (Å²) in [7, 11) is 3.84. The SMILES string of the molecule is [2H]C([2H])(C)c1nc(C(N)=O)c(Nc2ccc(N3CCC(N4CCN(C)CC4)CC3)c(OC)c2)nc1NC1CCOCC1. The highest BCUT2D eigenvalue weighted by atomic mass is 16.5. The molecule has 0 unspecified atom stereocenters. The molecule has 5 rings (SSSR count). The zero-order valence-electron chi connectivity index (χ0n) is 25.9. The zero-order valence-corrected chi connectivity index (χ0v) is 23.9. The molecule has 11 nitrogen and oxygen atoms in total. The second kappa shape index (κ2) is 13.0. The lowest BCUT2D eigenvalue weighted by Gasteiger charge is -2.42. The number of rotatable bonds is 9. The first kappa shape index (κ1) is 25.8. The molecule has 3 aliphatic rings. The number of aryl methyl sites for hydroxylation is 1. The van der Waals surface area contributed by atoms with Gasteiger partial charge in [-0.15, -0.1) is 0 Å². The molecule has 0 bridgehead atoms. The average molecular weight is 555 g/mol. The number of nitrogens with one attached hydrogen (secondary N) is 2. The fraction of sp³-hybridized carbons (Fsp3) is 0.621. The van der Waals surface area contributed by atoms with Gasteiger partial charge in [-0.3, -0.25) is 9.69 Å². The van der Waals surface area contributed by atoms with Crippen molar-refractivity contribution >= 4 is 28.9 Å². The summed E-state index contributed by atoms with van der Waals surface area (Å²) in [5.74, 6) is 0.371. The standard InChI is InChI=1S/C29H44N8O3/c1-4-23-28(31-20-9-17-40-18-10-20)34-29(26(33-23)27(30)38)32-21-5-6-24(25(19-21)39-3)37-11-7-22(8-12-37)36-15-13-35(2)14-16-36/h5-6,19-20,22H,4,7-18H2,1-3H3,(H2,30,38)(H2,31,32,34)/i4D2. The van der Waals surface area contributed by atoms with Crippen molar-refractivity contribution in [1.82, 2.24) is 19.8 Å². The van der Waals surface area contributed by atoms with Gasteiger partial charge in [0, 0.05) is 79.1 Å². The molecule has 0 atom stereocenters. The maximum atomic E-state index is 12.4. The van der Waals surface area contributed by atoms with E-state index in [1.165, 1.54) is 6.92 Å². The number of piperidine rings is 1. The summed E-state index contributed by atoms with van der Waals surface area (Å²) >= 11 is 0.